The molecule has 2 heterocycles. The van der Waals surface area contributed by atoms with Gasteiger partial charge in [-0.15, -0.1) is 11.6 Å². The highest BCUT2D eigenvalue weighted by Gasteiger charge is 2.04. The molecule has 2 aromatic heterocycles. The van der Waals surface area contributed by atoms with Crippen molar-refractivity contribution in [3.05, 3.63) is 30.6 Å². The summed E-state index contributed by atoms with van der Waals surface area (Å²) >= 11 is 5.67. The summed E-state index contributed by atoms with van der Waals surface area (Å²) in [4.78, 5) is 8.39. The molecule has 0 amide bonds. The highest BCUT2D eigenvalue weighted by atomic mass is 35.5. The van der Waals surface area contributed by atoms with Crippen molar-refractivity contribution in [2.45, 2.75) is 19.3 Å². The summed E-state index contributed by atoms with van der Waals surface area (Å²) in [6.45, 7) is 2.97. The van der Waals surface area contributed by atoms with Gasteiger partial charge < -0.3 is 4.57 Å². The van der Waals surface area contributed by atoms with Gasteiger partial charge in [0.2, 0.25) is 5.95 Å². The van der Waals surface area contributed by atoms with Crippen LogP contribution >= 0.6 is 11.6 Å². The third-order valence-corrected chi connectivity index (χ3v) is 2.31. The molecule has 0 spiro atoms. The summed E-state index contributed by atoms with van der Waals surface area (Å²) in [6, 6.07) is 0. The fourth-order valence-electron chi connectivity index (χ4n) is 1.33. The second kappa shape index (κ2) is 3.84. The fraction of sp³-hybridized carbons (Fsp3) is 0.333. The standard InChI is InChI=1S/C9H11ClN4/c1-2-13-4-3-11-9(13)14-6-8(5-10)12-7-14/h3-4,6-7H,2,5H2,1H3. The number of halogens is 1. The molecule has 0 fully saturated rings. The Hall–Kier alpha value is -1.29. The normalized spacial score (nSPS) is 10.7. The van der Waals surface area contributed by atoms with E-state index < -0.39 is 0 Å². The third-order valence-electron chi connectivity index (χ3n) is 2.04. The molecule has 2 rings (SSSR count). The van der Waals surface area contributed by atoms with Crippen LogP contribution in [0.3, 0.4) is 0 Å². The number of rotatable bonds is 3. The van der Waals surface area contributed by atoms with Crippen molar-refractivity contribution < 1.29 is 0 Å². The van der Waals surface area contributed by atoms with Gasteiger partial charge in [0.25, 0.3) is 0 Å². The van der Waals surface area contributed by atoms with Crippen LogP contribution in [0.15, 0.2) is 24.9 Å². The summed E-state index contributed by atoms with van der Waals surface area (Å²) in [5.74, 6) is 1.30. The average Bonchev–Trinajstić information content (AvgIpc) is 2.85. The van der Waals surface area contributed by atoms with Crippen molar-refractivity contribution >= 4 is 11.6 Å². The van der Waals surface area contributed by atoms with E-state index in [9.17, 15) is 0 Å². The first-order chi connectivity index (χ1) is 6.85. The molecule has 0 radical (unpaired) electrons. The summed E-state index contributed by atoms with van der Waals surface area (Å²) < 4.78 is 3.92. The van der Waals surface area contributed by atoms with Crippen LogP contribution in [-0.2, 0) is 12.4 Å². The van der Waals surface area contributed by atoms with Crippen LogP contribution in [0.4, 0.5) is 0 Å². The monoisotopic (exact) mass is 210 g/mol. The van der Waals surface area contributed by atoms with Gasteiger partial charge in [-0.2, -0.15) is 0 Å². The van der Waals surface area contributed by atoms with Gasteiger partial charge in [-0.1, -0.05) is 0 Å². The molecule has 14 heavy (non-hydrogen) atoms. The van der Waals surface area contributed by atoms with Gasteiger partial charge >= 0.3 is 0 Å². The Bertz CT molecular complexity index is 418. The van der Waals surface area contributed by atoms with Crippen LogP contribution in [0.25, 0.3) is 5.95 Å². The molecule has 5 heteroatoms. The van der Waals surface area contributed by atoms with Crippen molar-refractivity contribution in [2.24, 2.45) is 0 Å². The molecule has 0 saturated heterocycles. The molecule has 0 saturated carbocycles. The van der Waals surface area contributed by atoms with Gasteiger partial charge in [-0.3, -0.25) is 4.57 Å². The molecule has 74 valence electrons. The van der Waals surface area contributed by atoms with Crippen LogP contribution in [0, 0.1) is 0 Å². The molecular formula is C9H11ClN4. The lowest BCUT2D eigenvalue weighted by Crippen LogP contribution is -2.02. The number of aromatic nitrogens is 4. The van der Waals surface area contributed by atoms with Crippen molar-refractivity contribution in [3.8, 4) is 5.95 Å². The van der Waals surface area contributed by atoms with Crippen molar-refractivity contribution in [1.29, 1.82) is 0 Å². The Morgan fingerprint density at radius 2 is 2.29 bits per heavy atom. The van der Waals surface area contributed by atoms with E-state index in [0.29, 0.717) is 5.88 Å². The zero-order valence-electron chi connectivity index (χ0n) is 7.89. The summed E-state index contributed by atoms with van der Waals surface area (Å²) in [5, 5.41) is 0. The first kappa shape index (κ1) is 9.27. The average molecular weight is 211 g/mol. The van der Waals surface area contributed by atoms with E-state index in [1.165, 1.54) is 0 Å². The summed E-state index contributed by atoms with van der Waals surface area (Å²) in [5.41, 5.74) is 0.859. The maximum atomic E-state index is 5.67. The lowest BCUT2D eigenvalue weighted by atomic mass is 10.5. The molecular weight excluding hydrogens is 200 g/mol. The molecule has 4 nitrogen and oxygen atoms in total. The lowest BCUT2D eigenvalue weighted by molar-refractivity contribution is 0.719. The first-order valence-electron chi connectivity index (χ1n) is 4.45. The van der Waals surface area contributed by atoms with Gasteiger partial charge in [0, 0.05) is 25.1 Å². The van der Waals surface area contributed by atoms with E-state index in [1.807, 2.05) is 21.5 Å². The van der Waals surface area contributed by atoms with Gasteiger partial charge in [0.1, 0.15) is 6.33 Å². The van der Waals surface area contributed by atoms with Crippen molar-refractivity contribution in [3.63, 3.8) is 0 Å². The second-order valence-electron chi connectivity index (χ2n) is 2.92. The van der Waals surface area contributed by atoms with Crippen LogP contribution in [-0.4, -0.2) is 19.1 Å². The minimum absolute atomic E-state index is 0.430. The first-order valence-corrected chi connectivity index (χ1v) is 4.99. The SMILES string of the molecule is CCn1ccnc1-n1cnc(CCl)c1. The van der Waals surface area contributed by atoms with E-state index in [4.69, 9.17) is 11.6 Å². The van der Waals surface area contributed by atoms with E-state index in [0.717, 1.165) is 18.2 Å². The number of hydrogen-bond donors (Lipinski definition) is 0. The van der Waals surface area contributed by atoms with Crippen LogP contribution < -0.4 is 0 Å². The molecule has 2 aromatic rings. The quantitative estimate of drug-likeness (QED) is 0.725. The Balaban J connectivity index is 2.38. The lowest BCUT2D eigenvalue weighted by Gasteiger charge is -2.03. The minimum atomic E-state index is 0.430. The van der Waals surface area contributed by atoms with Gasteiger partial charge in [-0.25, -0.2) is 9.97 Å². The fourth-order valence-corrected chi connectivity index (χ4v) is 1.46. The van der Waals surface area contributed by atoms with Gasteiger partial charge in [0.15, 0.2) is 0 Å². The molecule has 0 N–H and O–H groups in total. The molecule has 0 aliphatic rings. The number of imidazole rings is 2. The molecule has 0 aromatic carbocycles. The maximum absolute atomic E-state index is 5.67. The smallest absolute Gasteiger partial charge is 0.215 e. The Morgan fingerprint density at radius 1 is 1.43 bits per heavy atom. The Labute approximate surface area is 87.2 Å². The van der Waals surface area contributed by atoms with Crippen molar-refractivity contribution in [1.82, 2.24) is 19.1 Å². The van der Waals surface area contributed by atoms with E-state index in [2.05, 4.69) is 16.9 Å². The second-order valence-corrected chi connectivity index (χ2v) is 3.19. The zero-order valence-corrected chi connectivity index (χ0v) is 8.65. The van der Waals surface area contributed by atoms with Gasteiger partial charge in [0.05, 0.1) is 11.6 Å². The molecule has 0 aliphatic heterocycles. The number of hydrogen-bond acceptors (Lipinski definition) is 2. The molecule has 0 unspecified atom stereocenters. The topological polar surface area (TPSA) is 35.6 Å². The van der Waals surface area contributed by atoms with E-state index in [1.54, 1.807) is 12.5 Å². The Kier molecular flexibility index (Phi) is 2.54. The predicted molar refractivity (Wildman–Crippen MR) is 54.6 cm³/mol. The molecule has 0 aliphatic carbocycles. The number of aryl methyl sites for hydroxylation is 1. The number of nitrogens with zero attached hydrogens (tertiary/aromatic N) is 4. The highest BCUT2D eigenvalue weighted by Crippen LogP contribution is 2.07. The molecule has 0 atom stereocenters. The van der Waals surface area contributed by atoms with Gasteiger partial charge in [-0.05, 0) is 6.92 Å². The summed E-state index contributed by atoms with van der Waals surface area (Å²) in [6.07, 6.45) is 7.34. The van der Waals surface area contributed by atoms with Crippen LogP contribution in [0.2, 0.25) is 0 Å². The predicted octanol–water partition coefficient (Wildman–Crippen LogP) is 1.83. The van der Waals surface area contributed by atoms with E-state index >= 15 is 0 Å². The third kappa shape index (κ3) is 1.53. The number of alkyl halides is 1. The highest BCUT2D eigenvalue weighted by molar-refractivity contribution is 6.16. The largest absolute Gasteiger partial charge is 0.317 e. The van der Waals surface area contributed by atoms with Crippen molar-refractivity contribution in [2.75, 3.05) is 0 Å². The Morgan fingerprint density at radius 3 is 2.93 bits per heavy atom. The minimum Gasteiger partial charge on any atom is -0.317 e. The van der Waals surface area contributed by atoms with E-state index in [-0.39, 0.29) is 0 Å². The maximum Gasteiger partial charge on any atom is 0.215 e. The van der Waals surface area contributed by atoms with Crippen LogP contribution in [0.5, 0.6) is 0 Å². The summed E-state index contributed by atoms with van der Waals surface area (Å²) in [7, 11) is 0. The van der Waals surface area contributed by atoms with Crippen LogP contribution in [0.1, 0.15) is 12.6 Å². The molecule has 0 bridgehead atoms. The zero-order chi connectivity index (χ0) is 9.97.